The third kappa shape index (κ3) is 6.22. The molecule has 9 nitrogen and oxygen atoms in total. The molecule has 1 aliphatic rings. The summed E-state index contributed by atoms with van der Waals surface area (Å²) in [4.78, 5) is 17.5. The maximum atomic E-state index is 14.0. The molecule has 1 aliphatic heterocycles. The summed E-state index contributed by atoms with van der Waals surface area (Å²) in [5.74, 6) is 1.24. The van der Waals surface area contributed by atoms with Gasteiger partial charge in [0.05, 0.1) is 31.9 Å². The van der Waals surface area contributed by atoms with Crippen LogP contribution in [0.2, 0.25) is 0 Å². The minimum Gasteiger partial charge on any atom is -0.497 e. The standard InChI is InChI=1S/C29H35N3O6S/c1-21-16-22(2)18-24(17-21)32(39(34,35)26-10-11-27(37-4)28(19-26)38-5)20-29(33)31-14-12-30(13-15-31)23-6-8-25(36-3)9-7-23/h6-11,16-19H,12-15,20H2,1-5H3. The van der Waals surface area contributed by atoms with Crippen LogP contribution in [-0.2, 0) is 14.8 Å². The highest BCUT2D eigenvalue weighted by molar-refractivity contribution is 7.92. The summed E-state index contributed by atoms with van der Waals surface area (Å²) in [6.45, 7) is 5.75. The number of carbonyl (C=O) groups is 1. The molecule has 0 spiro atoms. The smallest absolute Gasteiger partial charge is 0.264 e. The van der Waals surface area contributed by atoms with Crippen molar-refractivity contribution in [1.29, 1.82) is 0 Å². The minimum atomic E-state index is -4.11. The summed E-state index contributed by atoms with van der Waals surface area (Å²) in [6.07, 6.45) is 0. The van der Waals surface area contributed by atoms with Crippen LogP contribution >= 0.6 is 0 Å². The zero-order chi connectivity index (χ0) is 28.2. The molecule has 208 valence electrons. The summed E-state index contributed by atoms with van der Waals surface area (Å²) in [6, 6.07) is 17.8. The molecule has 0 unspecified atom stereocenters. The van der Waals surface area contributed by atoms with Gasteiger partial charge in [-0.05, 0) is 73.5 Å². The summed E-state index contributed by atoms with van der Waals surface area (Å²) < 4.78 is 45.0. The van der Waals surface area contributed by atoms with Crippen LogP contribution in [0.5, 0.6) is 17.2 Å². The average Bonchev–Trinajstić information content (AvgIpc) is 2.94. The second kappa shape index (κ2) is 11.9. The number of hydrogen-bond acceptors (Lipinski definition) is 7. The van der Waals surface area contributed by atoms with Gasteiger partial charge in [-0.3, -0.25) is 9.10 Å². The Morgan fingerprint density at radius 3 is 1.97 bits per heavy atom. The lowest BCUT2D eigenvalue weighted by molar-refractivity contribution is -0.129. The van der Waals surface area contributed by atoms with E-state index in [0.717, 1.165) is 22.6 Å². The van der Waals surface area contributed by atoms with E-state index in [9.17, 15) is 13.2 Å². The highest BCUT2D eigenvalue weighted by Crippen LogP contribution is 2.33. The van der Waals surface area contributed by atoms with Crippen LogP contribution in [0, 0.1) is 13.8 Å². The second-order valence-corrected chi connectivity index (χ2v) is 11.3. The van der Waals surface area contributed by atoms with Crippen LogP contribution in [0.3, 0.4) is 0 Å². The monoisotopic (exact) mass is 553 g/mol. The number of sulfonamides is 1. The molecule has 39 heavy (non-hydrogen) atoms. The van der Waals surface area contributed by atoms with E-state index in [1.54, 1.807) is 30.2 Å². The van der Waals surface area contributed by atoms with Gasteiger partial charge in [0.15, 0.2) is 11.5 Å². The molecule has 0 bridgehead atoms. The molecule has 0 saturated carbocycles. The van der Waals surface area contributed by atoms with Crippen LogP contribution < -0.4 is 23.4 Å². The zero-order valence-corrected chi connectivity index (χ0v) is 23.8. The Morgan fingerprint density at radius 1 is 0.795 bits per heavy atom. The molecule has 4 rings (SSSR count). The lowest BCUT2D eigenvalue weighted by Crippen LogP contribution is -2.52. The fourth-order valence-corrected chi connectivity index (χ4v) is 6.16. The first-order chi connectivity index (χ1) is 18.7. The Kier molecular flexibility index (Phi) is 8.54. The van der Waals surface area contributed by atoms with Crippen LogP contribution in [0.15, 0.2) is 65.6 Å². The van der Waals surface area contributed by atoms with E-state index in [2.05, 4.69) is 4.90 Å². The maximum Gasteiger partial charge on any atom is 0.264 e. The maximum absolute atomic E-state index is 14.0. The molecule has 1 heterocycles. The van der Waals surface area contributed by atoms with Crippen molar-refractivity contribution in [3.63, 3.8) is 0 Å². The predicted molar refractivity (Wildman–Crippen MR) is 152 cm³/mol. The van der Waals surface area contributed by atoms with Crippen molar-refractivity contribution in [2.45, 2.75) is 18.7 Å². The van der Waals surface area contributed by atoms with Crippen molar-refractivity contribution in [2.75, 3.05) is 63.3 Å². The largest absolute Gasteiger partial charge is 0.497 e. The summed E-state index contributed by atoms with van der Waals surface area (Å²) >= 11 is 0. The van der Waals surface area contributed by atoms with Crippen molar-refractivity contribution < 1.29 is 27.4 Å². The highest BCUT2D eigenvalue weighted by atomic mass is 32.2. The molecule has 1 amide bonds. The van der Waals surface area contributed by atoms with Gasteiger partial charge in [-0.2, -0.15) is 0 Å². The van der Waals surface area contributed by atoms with E-state index in [-0.39, 0.29) is 17.3 Å². The molecule has 3 aromatic rings. The molecule has 10 heteroatoms. The summed E-state index contributed by atoms with van der Waals surface area (Å²) in [5.41, 5.74) is 3.29. The third-order valence-electron chi connectivity index (χ3n) is 6.79. The van der Waals surface area contributed by atoms with Crippen LogP contribution in [0.1, 0.15) is 11.1 Å². The van der Waals surface area contributed by atoms with E-state index in [4.69, 9.17) is 14.2 Å². The topological polar surface area (TPSA) is 88.6 Å². The Morgan fingerprint density at radius 2 is 1.41 bits per heavy atom. The number of methoxy groups -OCH3 is 3. The van der Waals surface area contributed by atoms with E-state index < -0.39 is 10.0 Å². The molecule has 0 aliphatic carbocycles. The Labute approximate surface area is 230 Å². The Balaban J connectivity index is 1.58. The molecule has 0 N–H and O–H groups in total. The number of aryl methyl sites for hydroxylation is 2. The fraction of sp³-hybridized carbons (Fsp3) is 0.345. The van der Waals surface area contributed by atoms with Gasteiger partial charge in [-0.1, -0.05) is 6.07 Å². The van der Waals surface area contributed by atoms with E-state index in [1.165, 1.54) is 30.7 Å². The van der Waals surface area contributed by atoms with Crippen molar-refractivity contribution in [3.8, 4) is 17.2 Å². The first-order valence-corrected chi connectivity index (χ1v) is 14.1. The first-order valence-electron chi connectivity index (χ1n) is 12.7. The number of carbonyl (C=O) groups excluding carboxylic acids is 1. The minimum absolute atomic E-state index is 0.0106. The van der Waals surface area contributed by atoms with Crippen LogP contribution in [0.4, 0.5) is 11.4 Å². The van der Waals surface area contributed by atoms with Gasteiger partial charge in [0.25, 0.3) is 10.0 Å². The Bertz CT molecular complexity index is 1400. The van der Waals surface area contributed by atoms with Gasteiger partial charge >= 0.3 is 0 Å². The van der Waals surface area contributed by atoms with Gasteiger partial charge in [0.1, 0.15) is 12.3 Å². The van der Waals surface area contributed by atoms with Gasteiger partial charge in [0, 0.05) is 37.9 Å². The number of ether oxygens (including phenoxy) is 3. The summed E-state index contributed by atoms with van der Waals surface area (Å²) in [5, 5.41) is 0. The van der Waals surface area contributed by atoms with Gasteiger partial charge in [-0.15, -0.1) is 0 Å². The number of benzene rings is 3. The van der Waals surface area contributed by atoms with Crippen molar-refractivity contribution >= 4 is 27.3 Å². The van der Waals surface area contributed by atoms with Gasteiger partial charge in [-0.25, -0.2) is 8.42 Å². The number of piperazine rings is 1. The SMILES string of the molecule is COc1ccc(N2CCN(C(=O)CN(c3cc(C)cc(C)c3)S(=O)(=O)c3ccc(OC)c(OC)c3)CC2)cc1. The molecule has 1 fully saturated rings. The first kappa shape index (κ1) is 28.1. The quantitative estimate of drug-likeness (QED) is 0.398. The number of amides is 1. The molecule has 0 aromatic heterocycles. The number of nitrogens with zero attached hydrogens (tertiary/aromatic N) is 3. The third-order valence-corrected chi connectivity index (χ3v) is 8.56. The molecular formula is C29H35N3O6S. The molecular weight excluding hydrogens is 518 g/mol. The number of rotatable bonds is 9. The second-order valence-electron chi connectivity index (χ2n) is 9.44. The van der Waals surface area contributed by atoms with Crippen molar-refractivity contribution in [3.05, 3.63) is 71.8 Å². The van der Waals surface area contributed by atoms with E-state index in [1.807, 2.05) is 44.2 Å². The van der Waals surface area contributed by atoms with Gasteiger partial charge < -0.3 is 24.0 Å². The molecule has 0 radical (unpaired) electrons. The molecule has 1 saturated heterocycles. The highest BCUT2D eigenvalue weighted by Gasteiger charge is 2.31. The molecule has 3 aromatic carbocycles. The predicted octanol–water partition coefficient (Wildman–Crippen LogP) is 3.87. The van der Waals surface area contributed by atoms with Crippen molar-refractivity contribution in [2.24, 2.45) is 0 Å². The van der Waals surface area contributed by atoms with Gasteiger partial charge in [0.2, 0.25) is 5.91 Å². The summed E-state index contributed by atoms with van der Waals surface area (Å²) in [7, 11) is 0.456. The number of hydrogen-bond donors (Lipinski definition) is 0. The lowest BCUT2D eigenvalue weighted by atomic mass is 10.1. The van der Waals surface area contributed by atoms with E-state index >= 15 is 0 Å². The number of anilines is 2. The van der Waals surface area contributed by atoms with Crippen LogP contribution in [-0.4, -0.2) is 73.3 Å². The average molecular weight is 554 g/mol. The molecule has 0 atom stereocenters. The normalized spacial score (nSPS) is 13.7. The van der Waals surface area contributed by atoms with E-state index in [0.29, 0.717) is 43.4 Å². The zero-order valence-electron chi connectivity index (χ0n) is 23.0. The lowest BCUT2D eigenvalue weighted by Gasteiger charge is -2.37. The Hall–Kier alpha value is -3.92. The van der Waals surface area contributed by atoms with Crippen LogP contribution in [0.25, 0.3) is 0 Å². The fourth-order valence-electron chi connectivity index (χ4n) is 4.74. The van der Waals surface area contributed by atoms with Crippen molar-refractivity contribution in [1.82, 2.24) is 4.90 Å².